The molecule has 11 atom stereocenters. The average molecular weight is 850 g/mol. The number of hydrogen-bond donors (Lipinski definition) is 5. The summed E-state index contributed by atoms with van der Waals surface area (Å²) in [6.07, 6.45) is -10.4. The maximum Gasteiger partial charge on any atom is 0.408 e. The summed E-state index contributed by atoms with van der Waals surface area (Å²) in [5.74, 6) is -2.73. The first-order valence-corrected chi connectivity index (χ1v) is 20.9. The average Bonchev–Trinajstić information content (AvgIpc) is 3.20. The molecule has 0 aromatic heterocycles. The lowest BCUT2D eigenvalue weighted by atomic mass is 9.38. The minimum absolute atomic E-state index is 0.0415. The van der Waals surface area contributed by atoms with E-state index in [1.807, 2.05) is 13.8 Å². The molecule has 1 amide bonds. The van der Waals surface area contributed by atoms with Gasteiger partial charge in [0, 0.05) is 25.2 Å². The molecule has 14 heteroatoms. The van der Waals surface area contributed by atoms with Crippen LogP contribution in [0.1, 0.15) is 111 Å². The van der Waals surface area contributed by atoms with Gasteiger partial charge in [-0.2, -0.15) is 0 Å². The zero-order valence-electron chi connectivity index (χ0n) is 37.1. The van der Waals surface area contributed by atoms with Crippen molar-refractivity contribution in [3.05, 3.63) is 95.3 Å². The van der Waals surface area contributed by atoms with E-state index in [1.54, 1.807) is 90.1 Å². The number of Topliss-reactive ketones (excluding diaryl/α,β-unsaturated/α-hetero) is 1. The van der Waals surface area contributed by atoms with Crippen molar-refractivity contribution in [2.75, 3.05) is 6.61 Å². The van der Waals surface area contributed by atoms with Crippen molar-refractivity contribution >= 4 is 23.8 Å². The SMILES string of the molecule is C=C(O[C@H]1CC2(O)[C@@H](OC(=O)c3ccccc3)[C@@]3(C)C(C)(C(=O)[C@H](O)C(=C1C)C2(C)C)[C@@H](O)C[C@H]1OC[C@]13OC(C)=O)[C@H](O)[C@@H](NC(=O)OC(C)(C)C)c1ccccc1.CC. The Morgan fingerprint density at radius 1 is 0.951 bits per heavy atom. The molecule has 5 N–H and O–H groups in total. The number of carbonyl (C=O) groups is 4. The molecule has 3 aliphatic carbocycles. The molecule has 14 nitrogen and oxygen atoms in total. The molecule has 61 heavy (non-hydrogen) atoms. The molecule has 6 rings (SSSR count). The predicted molar refractivity (Wildman–Crippen MR) is 224 cm³/mol. The van der Waals surface area contributed by atoms with Gasteiger partial charge in [0.1, 0.15) is 47.5 Å². The Morgan fingerprint density at radius 3 is 2.05 bits per heavy atom. The highest BCUT2D eigenvalue weighted by atomic mass is 16.6. The van der Waals surface area contributed by atoms with Gasteiger partial charge in [-0.05, 0) is 63.5 Å². The highest BCUT2D eigenvalue weighted by Gasteiger charge is 2.83. The second-order valence-electron chi connectivity index (χ2n) is 18.3. The first-order valence-electron chi connectivity index (χ1n) is 20.9. The van der Waals surface area contributed by atoms with E-state index in [0.717, 1.165) is 0 Å². The number of aliphatic hydroxyl groups excluding tert-OH is 3. The third-order valence-corrected chi connectivity index (χ3v) is 13.6. The molecule has 0 spiro atoms. The summed E-state index contributed by atoms with van der Waals surface area (Å²) in [5, 5.41) is 52.6. The van der Waals surface area contributed by atoms with Gasteiger partial charge in [0.15, 0.2) is 11.4 Å². The number of esters is 2. The predicted octanol–water partition coefficient (Wildman–Crippen LogP) is 5.66. The van der Waals surface area contributed by atoms with E-state index < -0.39 is 99.5 Å². The summed E-state index contributed by atoms with van der Waals surface area (Å²) in [5.41, 5.74) is -9.50. The van der Waals surface area contributed by atoms with Crippen LogP contribution in [0.4, 0.5) is 4.79 Å². The fraction of sp³-hybridized carbons (Fsp3) is 0.574. The normalized spacial score (nSPS) is 33.6. The molecule has 334 valence electrons. The number of hydrogen-bond acceptors (Lipinski definition) is 13. The summed E-state index contributed by atoms with van der Waals surface area (Å²) in [6, 6.07) is 15.5. The van der Waals surface area contributed by atoms with Crippen molar-refractivity contribution in [1.82, 2.24) is 5.32 Å². The molecule has 4 aliphatic rings. The van der Waals surface area contributed by atoms with Crippen molar-refractivity contribution in [2.24, 2.45) is 16.2 Å². The molecular weight excluding hydrogens is 787 g/mol. The molecule has 1 saturated heterocycles. The van der Waals surface area contributed by atoms with Gasteiger partial charge < -0.3 is 49.4 Å². The Kier molecular flexibility index (Phi) is 13.2. The van der Waals surface area contributed by atoms with Crippen LogP contribution in [-0.2, 0) is 33.3 Å². The summed E-state index contributed by atoms with van der Waals surface area (Å²) >= 11 is 0. The number of ketones is 1. The fourth-order valence-electron chi connectivity index (χ4n) is 10.1. The lowest BCUT2D eigenvalue weighted by Gasteiger charge is -2.72. The van der Waals surface area contributed by atoms with Crippen LogP contribution < -0.4 is 5.32 Å². The highest BCUT2D eigenvalue weighted by Crippen LogP contribution is 2.70. The van der Waals surface area contributed by atoms with E-state index in [-0.39, 0.29) is 36.3 Å². The number of fused-ring (bicyclic) bond motifs is 5. The molecular formula is C47H63NO13. The quantitative estimate of drug-likeness (QED) is 0.0895. The van der Waals surface area contributed by atoms with Gasteiger partial charge in [-0.15, -0.1) is 0 Å². The summed E-state index contributed by atoms with van der Waals surface area (Å²) in [7, 11) is 0. The van der Waals surface area contributed by atoms with Gasteiger partial charge in [0.05, 0.1) is 35.1 Å². The second kappa shape index (κ2) is 16.9. The van der Waals surface area contributed by atoms with E-state index in [0.29, 0.717) is 11.1 Å². The van der Waals surface area contributed by atoms with Crippen LogP contribution in [0.25, 0.3) is 0 Å². The zero-order chi connectivity index (χ0) is 45.7. The summed E-state index contributed by atoms with van der Waals surface area (Å²) < 4.78 is 30.5. The van der Waals surface area contributed by atoms with Crippen LogP contribution in [0.5, 0.6) is 0 Å². The van der Waals surface area contributed by atoms with Crippen molar-refractivity contribution in [3.8, 4) is 0 Å². The molecule has 2 aromatic carbocycles. The molecule has 0 radical (unpaired) electrons. The van der Waals surface area contributed by atoms with Crippen molar-refractivity contribution in [3.63, 3.8) is 0 Å². The number of nitrogens with one attached hydrogen (secondary N) is 1. The molecule has 2 unspecified atom stereocenters. The number of aliphatic hydroxyl groups is 4. The first kappa shape index (κ1) is 47.4. The van der Waals surface area contributed by atoms with Crippen LogP contribution in [0.2, 0.25) is 0 Å². The maximum atomic E-state index is 15.2. The van der Waals surface area contributed by atoms with Crippen LogP contribution in [-0.4, -0.2) is 104 Å². The number of rotatable bonds is 9. The van der Waals surface area contributed by atoms with E-state index in [1.165, 1.54) is 32.9 Å². The minimum Gasteiger partial charge on any atom is -0.488 e. The second-order valence-corrected chi connectivity index (χ2v) is 18.3. The molecule has 2 aromatic rings. The Hall–Kier alpha value is -4.60. The number of benzene rings is 2. The van der Waals surface area contributed by atoms with Gasteiger partial charge in [0.25, 0.3) is 0 Å². The van der Waals surface area contributed by atoms with E-state index in [4.69, 9.17) is 23.7 Å². The van der Waals surface area contributed by atoms with Crippen molar-refractivity contribution in [2.45, 2.75) is 148 Å². The Morgan fingerprint density at radius 2 is 1.52 bits per heavy atom. The number of carbonyl (C=O) groups excluding carboxylic acids is 4. The standard InChI is InChI=1S/C45H57NO13.C2H6/c1-24-29(56-25(2)34(49)33(27-17-13-11-14-18-27)46-39(53)59-40(4,5)6)22-44(54)38(57-37(52)28-19-15-12-16-20-28)43(10)42(9,36(51)35(50)32(24)41(44,7)8)30(48)21-31-45(43,23-55-31)58-26(3)47;1-2/h11-20,29-31,33-35,38,48-50,54H,2,21-23H2,1,3-10H3,(H,46,53);1-2H3/t29-,30-,31+,33-,34-,35+,38-,42?,43-,44?,45-;/m0./s1. The van der Waals surface area contributed by atoms with Gasteiger partial charge in [-0.25, -0.2) is 9.59 Å². The van der Waals surface area contributed by atoms with Crippen molar-refractivity contribution in [1.29, 1.82) is 0 Å². The topological polar surface area (TPSA) is 207 Å². The fourth-order valence-corrected chi connectivity index (χ4v) is 10.1. The van der Waals surface area contributed by atoms with Gasteiger partial charge in [-0.1, -0.05) is 89.7 Å². The largest absolute Gasteiger partial charge is 0.488 e. The lowest BCUT2D eigenvalue weighted by Crippen LogP contribution is -2.86. The Labute approximate surface area is 358 Å². The minimum atomic E-state index is -2.28. The Bertz CT molecular complexity index is 2030. The van der Waals surface area contributed by atoms with Gasteiger partial charge >= 0.3 is 18.0 Å². The van der Waals surface area contributed by atoms with Crippen LogP contribution >= 0.6 is 0 Å². The zero-order valence-corrected chi connectivity index (χ0v) is 37.1. The van der Waals surface area contributed by atoms with Gasteiger partial charge in [-0.3, -0.25) is 9.59 Å². The summed E-state index contributed by atoms with van der Waals surface area (Å²) in [4.78, 5) is 55.6. The molecule has 3 fully saturated rings. The van der Waals surface area contributed by atoms with E-state index in [9.17, 15) is 34.8 Å². The highest BCUT2D eigenvalue weighted by molar-refractivity contribution is 5.94. The smallest absolute Gasteiger partial charge is 0.408 e. The van der Waals surface area contributed by atoms with Crippen molar-refractivity contribution < 1.29 is 63.3 Å². The molecule has 2 bridgehead atoms. The summed E-state index contributed by atoms with van der Waals surface area (Å²) in [6.45, 7) is 21.8. The monoisotopic (exact) mass is 849 g/mol. The molecule has 2 saturated carbocycles. The number of ether oxygens (including phenoxy) is 5. The van der Waals surface area contributed by atoms with Gasteiger partial charge in [0.2, 0.25) is 0 Å². The third kappa shape index (κ3) is 7.68. The maximum absolute atomic E-state index is 15.2. The third-order valence-electron chi connectivity index (χ3n) is 13.6. The van der Waals surface area contributed by atoms with Crippen LogP contribution in [0, 0.1) is 16.2 Å². The molecule has 1 aliphatic heterocycles. The van der Waals surface area contributed by atoms with Crippen LogP contribution in [0.15, 0.2) is 84.1 Å². The van der Waals surface area contributed by atoms with E-state index in [2.05, 4.69) is 11.9 Å². The Balaban J connectivity index is 0.00000347. The van der Waals surface area contributed by atoms with E-state index >= 15 is 4.79 Å². The number of amides is 1. The van der Waals surface area contributed by atoms with Crippen LogP contribution in [0.3, 0.4) is 0 Å². The molecule has 1 heterocycles. The lowest BCUT2D eigenvalue weighted by molar-refractivity contribution is -0.380. The number of alkyl carbamates (subject to hydrolysis) is 1. The first-order chi connectivity index (χ1) is 28.4.